The molecule has 0 aliphatic rings. The quantitative estimate of drug-likeness (QED) is 0.742. The number of hydrogen-bond donors (Lipinski definition) is 3. The first-order valence-electron chi connectivity index (χ1n) is 7.03. The Morgan fingerprint density at radius 3 is 2.47 bits per heavy atom. The van der Waals surface area contributed by atoms with Crippen LogP contribution in [0.15, 0.2) is 6.20 Å². The smallest absolute Gasteiger partial charge is 0.0535 e. The van der Waals surface area contributed by atoms with Crippen LogP contribution in [0.2, 0.25) is 0 Å². The van der Waals surface area contributed by atoms with Gasteiger partial charge in [-0.1, -0.05) is 34.6 Å². The number of aliphatic hydroxyl groups is 1. The van der Waals surface area contributed by atoms with E-state index in [-0.39, 0.29) is 16.9 Å². The summed E-state index contributed by atoms with van der Waals surface area (Å²) < 4.78 is 0. The molecule has 0 aliphatic carbocycles. The van der Waals surface area contributed by atoms with E-state index in [0.717, 1.165) is 19.5 Å². The van der Waals surface area contributed by atoms with E-state index in [4.69, 9.17) is 0 Å². The van der Waals surface area contributed by atoms with Gasteiger partial charge in [-0.05, 0) is 18.8 Å². The number of aliphatic hydroxyl groups excluding tert-OH is 1. The molecule has 19 heavy (non-hydrogen) atoms. The topological polar surface area (TPSA) is 60.9 Å². The predicted octanol–water partition coefficient (Wildman–Crippen LogP) is 2.59. The Kier molecular flexibility index (Phi) is 5.16. The summed E-state index contributed by atoms with van der Waals surface area (Å²) in [6.07, 6.45) is 2.45. The van der Waals surface area contributed by atoms with E-state index in [1.54, 1.807) is 0 Å². The maximum atomic E-state index is 9.48. The van der Waals surface area contributed by atoms with Crippen LogP contribution in [0.25, 0.3) is 0 Å². The van der Waals surface area contributed by atoms with Crippen molar-refractivity contribution in [3.05, 3.63) is 17.5 Å². The fraction of sp³-hybridized carbons (Fsp3) is 0.800. The third-order valence-electron chi connectivity index (χ3n) is 3.23. The van der Waals surface area contributed by atoms with Gasteiger partial charge in [-0.25, -0.2) is 0 Å². The first-order valence-corrected chi connectivity index (χ1v) is 7.03. The number of aromatic nitrogens is 2. The van der Waals surface area contributed by atoms with Gasteiger partial charge >= 0.3 is 0 Å². The van der Waals surface area contributed by atoms with Gasteiger partial charge in [0.25, 0.3) is 0 Å². The van der Waals surface area contributed by atoms with Gasteiger partial charge in [0.1, 0.15) is 0 Å². The molecule has 0 bridgehead atoms. The molecule has 0 radical (unpaired) electrons. The standard InChI is InChI=1S/C15H29N3O/c1-11(19)7-15(5,6)10-16-8-12-9-17-18-13(12)14(2,3)4/h9,11,16,19H,7-8,10H2,1-6H3,(H,17,18). The summed E-state index contributed by atoms with van der Waals surface area (Å²) in [5.41, 5.74) is 2.59. The third kappa shape index (κ3) is 5.33. The highest BCUT2D eigenvalue weighted by atomic mass is 16.3. The van der Waals surface area contributed by atoms with Crippen LogP contribution in [0.4, 0.5) is 0 Å². The first kappa shape index (κ1) is 16.2. The van der Waals surface area contributed by atoms with Gasteiger partial charge in [0.2, 0.25) is 0 Å². The van der Waals surface area contributed by atoms with Gasteiger partial charge in [-0.15, -0.1) is 0 Å². The summed E-state index contributed by atoms with van der Waals surface area (Å²) >= 11 is 0. The summed E-state index contributed by atoms with van der Waals surface area (Å²) in [6, 6.07) is 0. The van der Waals surface area contributed by atoms with E-state index in [1.165, 1.54) is 11.3 Å². The average Bonchev–Trinajstić information content (AvgIpc) is 2.62. The van der Waals surface area contributed by atoms with Crippen LogP contribution in [0.5, 0.6) is 0 Å². The summed E-state index contributed by atoms with van der Waals surface area (Å²) in [5.74, 6) is 0. The van der Waals surface area contributed by atoms with Crippen molar-refractivity contribution in [2.45, 2.75) is 66.0 Å². The number of nitrogens with zero attached hydrogens (tertiary/aromatic N) is 1. The van der Waals surface area contributed by atoms with E-state index >= 15 is 0 Å². The lowest BCUT2D eigenvalue weighted by atomic mass is 9.86. The highest BCUT2D eigenvalue weighted by Gasteiger charge is 2.22. The molecule has 0 aliphatic heterocycles. The maximum absolute atomic E-state index is 9.48. The van der Waals surface area contributed by atoms with Crippen LogP contribution >= 0.6 is 0 Å². The van der Waals surface area contributed by atoms with Gasteiger partial charge in [0, 0.05) is 29.8 Å². The fourth-order valence-corrected chi connectivity index (χ4v) is 2.50. The molecule has 1 heterocycles. The number of rotatable bonds is 6. The van der Waals surface area contributed by atoms with Gasteiger partial charge in [0.05, 0.1) is 12.3 Å². The van der Waals surface area contributed by atoms with Gasteiger partial charge in [-0.3, -0.25) is 5.10 Å². The van der Waals surface area contributed by atoms with Crippen LogP contribution in [0.3, 0.4) is 0 Å². The molecule has 0 aromatic carbocycles. The monoisotopic (exact) mass is 267 g/mol. The molecule has 110 valence electrons. The molecule has 3 N–H and O–H groups in total. The number of H-pyrrole nitrogens is 1. The van der Waals surface area contributed by atoms with Crippen LogP contribution in [0, 0.1) is 5.41 Å². The summed E-state index contributed by atoms with van der Waals surface area (Å²) in [5, 5.41) is 20.2. The Labute approximate surface area is 117 Å². The Bertz CT molecular complexity index is 388. The molecule has 1 rings (SSSR count). The molecule has 0 fully saturated rings. The predicted molar refractivity (Wildman–Crippen MR) is 79.1 cm³/mol. The first-order chi connectivity index (χ1) is 8.62. The number of hydrogen-bond acceptors (Lipinski definition) is 3. The Hall–Kier alpha value is -0.870. The van der Waals surface area contributed by atoms with E-state index < -0.39 is 0 Å². The van der Waals surface area contributed by atoms with Crippen LogP contribution < -0.4 is 5.32 Å². The molecular formula is C15H29N3O. The Balaban J connectivity index is 2.52. The SMILES string of the molecule is CC(O)CC(C)(C)CNCc1cn[nH]c1C(C)(C)C. The molecule has 4 nitrogen and oxygen atoms in total. The zero-order valence-electron chi connectivity index (χ0n) is 13.2. The zero-order chi connectivity index (χ0) is 14.7. The van der Waals surface area contributed by atoms with Crippen LogP contribution in [-0.4, -0.2) is 28.0 Å². The second-order valence-electron chi connectivity index (χ2n) is 7.34. The molecule has 4 heteroatoms. The van der Waals surface area contributed by atoms with Gasteiger partial charge in [0.15, 0.2) is 0 Å². The van der Waals surface area contributed by atoms with Crippen molar-refractivity contribution in [1.29, 1.82) is 0 Å². The normalized spacial score (nSPS) is 14.7. The Morgan fingerprint density at radius 2 is 1.95 bits per heavy atom. The van der Waals surface area contributed by atoms with E-state index in [0.29, 0.717) is 0 Å². The van der Waals surface area contributed by atoms with Crippen LogP contribution in [-0.2, 0) is 12.0 Å². The van der Waals surface area contributed by atoms with Gasteiger partial charge < -0.3 is 10.4 Å². The molecular weight excluding hydrogens is 238 g/mol. The lowest BCUT2D eigenvalue weighted by Gasteiger charge is -2.27. The highest BCUT2D eigenvalue weighted by molar-refractivity contribution is 5.23. The minimum absolute atomic E-state index is 0.0860. The highest BCUT2D eigenvalue weighted by Crippen LogP contribution is 2.24. The molecule has 1 atom stereocenters. The minimum Gasteiger partial charge on any atom is -0.393 e. The van der Waals surface area contributed by atoms with Crippen molar-refractivity contribution in [2.24, 2.45) is 5.41 Å². The number of nitrogens with one attached hydrogen (secondary N) is 2. The Morgan fingerprint density at radius 1 is 1.32 bits per heavy atom. The average molecular weight is 267 g/mol. The molecule has 1 unspecified atom stereocenters. The minimum atomic E-state index is -0.254. The van der Waals surface area contributed by atoms with Crippen molar-refractivity contribution in [3.8, 4) is 0 Å². The molecule has 1 aromatic heterocycles. The summed E-state index contributed by atoms with van der Waals surface area (Å²) in [6.45, 7) is 14.4. The van der Waals surface area contributed by atoms with Crippen molar-refractivity contribution in [2.75, 3.05) is 6.54 Å². The fourth-order valence-electron chi connectivity index (χ4n) is 2.50. The second kappa shape index (κ2) is 6.06. The molecule has 1 aromatic rings. The molecule has 0 amide bonds. The molecule has 0 spiro atoms. The lowest BCUT2D eigenvalue weighted by molar-refractivity contribution is 0.128. The summed E-state index contributed by atoms with van der Waals surface area (Å²) in [7, 11) is 0. The van der Waals surface area contributed by atoms with Crippen molar-refractivity contribution in [3.63, 3.8) is 0 Å². The van der Waals surface area contributed by atoms with Crippen molar-refractivity contribution >= 4 is 0 Å². The van der Waals surface area contributed by atoms with Gasteiger partial charge in [-0.2, -0.15) is 5.10 Å². The number of aromatic amines is 1. The van der Waals surface area contributed by atoms with E-state index in [2.05, 4.69) is 50.1 Å². The van der Waals surface area contributed by atoms with E-state index in [1.807, 2.05) is 13.1 Å². The van der Waals surface area contributed by atoms with Crippen molar-refractivity contribution < 1.29 is 5.11 Å². The van der Waals surface area contributed by atoms with Crippen LogP contribution in [0.1, 0.15) is 59.2 Å². The maximum Gasteiger partial charge on any atom is 0.0535 e. The van der Waals surface area contributed by atoms with Crippen molar-refractivity contribution in [1.82, 2.24) is 15.5 Å². The van der Waals surface area contributed by atoms with E-state index in [9.17, 15) is 5.11 Å². The zero-order valence-corrected chi connectivity index (χ0v) is 13.2. The third-order valence-corrected chi connectivity index (χ3v) is 3.23. The summed E-state index contributed by atoms with van der Waals surface area (Å²) in [4.78, 5) is 0. The second-order valence-corrected chi connectivity index (χ2v) is 7.34. The molecule has 0 saturated carbocycles. The lowest BCUT2D eigenvalue weighted by Crippen LogP contribution is -2.32. The largest absolute Gasteiger partial charge is 0.393 e. The molecule has 0 saturated heterocycles.